The fraction of sp³-hybridized carbons (Fsp3) is 0.727. The Morgan fingerprint density at radius 2 is 1.68 bits per heavy atom. The Hall–Kier alpha value is -1.22. The number of nitrogens with one attached hydrogen (secondary N) is 1. The van der Waals surface area contributed by atoms with Crippen LogP contribution in [0.15, 0.2) is 18.2 Å². The van der Waals surface area contributed by atoms with Crippen LogP contribution in [0.4, 0.5) is 0 Å². The molecule has 0 bridgehead atoms. The summed E-state index contributed by atoms with van der Waals surface area (Å²) in [6, 6.07) is 6.30. The zero-order valence-corrected chi connectivity index (χ0v) is 16.6. The molecule has 3 heteroatoms. The lowest BCUT2D eigenvalue weighted by Gasteiger charge is -2.23. The Morgan fingerprint density at radius 1 is 1.00 bits per heavy atom. The van der Waals surface area contributed by atoms with Crippen molar-refractivity contribution in [3.05, 3.63) is 23.8 Å². The van der Waals surface area contributed by atoms with Gasteiger partial charge in [-0.2, -0.15) is 0 Å². The van der Waals surface area contributed by atoms with E-state index in [-0.39, 0.29) is 12.2 Å². The summed E-state index contributed by atoms with van der Waals surface area (Å²) in [4.78, 5) is 0. The molecule has 1 aliphatic carbocycles. The maximum Gasteiger partial charge on any atom is 0.127 e. The second-order valence-corrected chi connectivity index (χ2v) is 7.58. The molecule has 142 valence electrons. The molecule has 1 N–H and O–H groups in total. The lowest BCUT2D eigenvalue weighted by Crippen LogP contribution is -2.24. The third-order valence-corrected chi connectivity index (χ3v) is 5.33. The molecule has 0 aromatic heterocycles. The van der Waals surface area contributed by atoms with Crippen molar-refractivity contribution in [2.75, 3.05) is 6.54 Å². The van der Waals surface area contributed by atoms with Crippen molar-refractivity contribution in [3.63, 3.8) is 0 Å². The van der Waals surface area contributed by atoms with Crippen LogP contribution in [0.5, 0.6) is 11.5 Å². The molecule has 0 saturated heterocycles. The summed E-state index contributed by atoms with van der Waals surface area (Å²) < 4.78 is 12.1. The number of hydrogen-bond donors (Lipinski definition) is 1. The summed E-state index contributed by atoms with van der Waals surface area (Å²) in [7, 11) is 0. The van der Waals surface area contributed by atoms with Crippen LogP contribution in [0, 0.1) is 5.92 Å². The Balaban J connectivity index is 1.98. The molecule has 0 aliphatic heterocycles. The van der Waals surface area contributed by atoms with E-state index in [1.54, 1.807) is 0 Å². The maximum atomic E-state index is 6.17. The molecule has 2 rings (SSSR count). The van der Waals surface area contributed by atoms with Gasteiger partial charge in [0.2, 0.25) is 0 Å². The molecule has 2 unspecified atom stereocenters. The van der Waals surface area contributed by atoms with Crippen LogP contribution in [0.1, 0.15) is 78.2 Å². The maximum absolute atomic E-state index is 6.17. The van der Waals surface area contributed by atoms with Crippen molar-refractivity contribution in [2.24, 2.45) is 5.92 Å². The van der Waals surface area contributed by atoms with Gasteiger partial charge in [0.25, 0.3) is 0 Å². The van der Waals surface area contributed by atoms with E-state index in [1.165, 1.54) is 37.7 Å². The average Bonchev–Trinajstić information content (AvgIpc) is 2.64. The Morgan fingerprint density at radius 3 is 2.36 bits per heavy atom. The molecule has 1 aromatic rings. The van der Waals surface area contributed by atoms with Gasteiger partial charge in [-0.15, -0.1) is 0 Å². The van der Waals surface area contributed by atoms with Crippen LogP contribution in [0.25, 0.3) is 0 Å². The van der Waals surface area contributed by atoms with Crippen LogP contribution < -0.4 is 14.8 Å². The van der Waals surface area contributed by atoms with Crippen LogP contribution in [0.2, 0.25) is 0 Å². The summed E-state index contributed by atoms with van der Waals surface area (Å²) in [6.45, 7) is 10.5. The summed E-state index contributed by atoms with van der Waals surface area (Å²) in [6.07, 6.45) is 9.43. The van der Waals surface area contributed by atoms with E-state index in [2.05, 4.69) is 51.2 Å². The van der Waals surface area contributed by atoms with Gasteiger partial charge in [-0.25, -0.2) is 0 Å². The van der Waals surface area contributed by atoms with E-state index in [0.717, 1.165) is 43.3 Å². The summed E-state index contributed by atoms with van der Waals surface area (Å²) in [5, 5.41) is 3.65. The molecule has 3 nitrogen and oxygen atoms in total. The van der Waals surface area contributed by atoms with Gasteiger partial charge >= 0.3 is 0 Å². The van der Waals surface area contributed by atoms with Gasteiger partial charge in [-0.05, 0) is 58.1 Å². The van der Waals surface area contributed by atoms with Crippen molar-refractivity contribution < 1.29 is 9.47 Å². The van der Waals surface area contributed by atoms with Gasteiger partial charge in [-0.3, -0.25) is 0 Å². The van der Waals surface area contributed by atoms with Crippen LogP contribution >= 0.6 is 0 Å². The summed E-state index contributed by atoms with van der Waals surface area (Å²) in [5.41, 5.74) is 1.23. The molecule has 25 heavy (non-hydrogen) atoms. The number of ether oxygens (including phenoxy) is 2. The highest BCUT2D eigenvalue weighted by Crippen LogP contribution is 2.28. The zero-order valence-electron chi connectivity index (χ0n) is 16.6. The van der Waals surface area contributed by atoms with E-state index in [9.17, 15) is 0 Å². The highest BCUT2D eigenvalue weighted by molar-refractivity contribution is 5.41. The minimum absolute atomic E-state index is 0.218. The van der Waals surface area contributed by atoms with Gasteiger partial charge in [0.05, 0.1) is 12.2 Å². The van der Waals surface area contributed by atoms with Gasteiger partial charge in [-0.1, -0.05) is 39.2 Å². The standard InChI is InChI=1S/C22H37NO2/c1-5-17(3)24-21-13-12-20(22(14-21)25-18(4)6-2)16-23-15-19-10-8-7-9-11-19/h12-14,17-19,23H,5-11,15-16H2,1-4H3. The molecule has 2 atom stereocenters. The van der Waals surface area contributed by atoms with Crippen molar-refractivity contribution in [3.8, 4) is 11.5 Å². The first kappa shape index (κ1) is 20.1. The Labute approximate surface area is 154 Å². The van der Waals surface area contributed by atoms with E-state index < -0.39 is 0 Å². The van der Waals surface area contributed by atoms with Crippen molar-refractivity contribution in [2.45, 2.75) is 91.4 Å². The van der Waals surface area contributed by atoms with Crippen LogP contribution in [-0.2, 0) is 6.54 Å². The number of hydrogen-bond acceptors (Lipinski definition) is 3. The second-order valence-electron chi connectivity index (χ2n) is 7.58. The first-order valence-corrected chi connectivity index (χ1v) is 10.3. The molecular formula is C22H37NO2. The first-order valence-electron chi connectivity index (χ1n) is 10.3. The third-order valence-electron chi connectivity index (χ3n) is 5.33. The topological polar surface area (TPSA) is 30.5 Å². The van der Waals surface area contributed by atoms with Crippen LogP contribution in [-0.4, -0.2) is 18.8 Å². The average molecular weight is 348 g/mol. The first-order chi connectivity index (χ1) is 12.1. The number of benzene rings is 1. The van der Waals surface area contributed by atoms with Crippen molar-refractivity contribution in [1.29, 1.82) is 0 Å². The molecule has 0 spiro atoms. The summed E-state index contributed by atoms with van der Waals surface area (Å²) >= 11 is 0. The quantitative estimate of drug-likeness (QED) is 0.588. The molecule has 0 heterocycles. The largest absolute Gasteiger partial charge is 0.491 e. The third kappa shape index (κ3) is 6.89. The zero-order chi connectivity index (χ0) is 18.1. The van der Waals surface area contributed by atoms with E-state index >= 15 is 0 Å². The minimum Gasteiger partial charge on any atom is -0.491 e. The monoisotopic (exact) mass is 347 g/mol. The van der Waals surface area contributed by atoms with Gasteiger partial charge in [0.1, 0.15) is 11.5 Å². The molecule has 1 saturated carbocycles. The predicted octanol–water partition coefficient (Wildman–Crippen LogP) is 5.71. The summed E-state index contributed by atoms with van der Waals surface area (Å²) in [5.74, 6) is 2.72. The number of rotatable bonds is 10. The second kappa shape index (κ2) is 10.7. The van der Waals surface area contributed by atoms with Gasteiger partial charge < -0.3 is 14.8 Å². The fourth-order valence-electron chi connectivity index (χ4n) is 3.28. The Bertz CT molecular complexity index is 497. The SMILES string of the molecule is CCC(C)Oc1ccc(CNCC2CCCCC2)c(OC(C)CC)c1. The molecule has 1 aromatic carbocycles. The van der Waals surface area contributed by atoms with E-state index in [4.69, 9.17) is 9.47 Å². The highest BCUT2D eigenvalue weighted by Gasteiger charge is 2.14. The fourth-order valence-corrected chi connectivity index (χ4v) is 3.28. The smallest absolute Gasteiger partial charge is 0.127 e. The normalized spacial score (nSPS) is 17.9. The molecule has 0 amide bonds. The molecular weight excluding hydrogens is 310 g/mol. The van der Waals surface area contributed by atoms with Gasteiger partial charge in [0, 0.05) is 18.2 Å². The van der Waals surface area contributed by atoms with Crippen molar-refractivity contribution in [1.82, 2.24) is 5.32 Å². The molecule has 1 fully saturated rings. The minimum atomic E-state index is 0.218. The van der Waals surface area contributed by atoms with E-state index in [0.29, 0.717) is 0 Å². The van der Waals surface area contributed by atoms with Crippen LogP contribution in [0.3, 0.4) is 0 Å². The highest BCUT2D eigenvalue weighted by atomic mass is 16.5. The molecule has 1 aliphatic rings. The lowest BCUT2D eigenvalue weighted by molar-refractivity contribution is 0.203. The lowest BCUT2D eigenvalue weighted by atomic mass is 9.89. The molecule has 0 radical (unpaired) electrons. The predicted molar refractivity (Wildman–Crippen MR) is 105 cm³/mol. The van der Waals surface area contributed by atoms with Crippen molar-refractivity contribution >= 4 is 0 Å². The van der Waals surface area contributed by atoms with Gasteiger partial charge in [0.15, 0.2) is 0 Å². The Kier molecular flexibility index (Phi) is 8.60. The van der Waals surface area contributed by atoms with E-state index in [1.807, 2.05) is 0 Å².